The van der Waals surface area contributed by atoms with Gasteiger partial charge in [-0.05, 0) is 50.3 Å². The van der Waals surface area contributed by atoms with Crippen LogP contribution in [0.4, 0.5) is 20.1 Å². The average Bonchev–Trinajstić information content (AvgIpc) is 3.58. The van der Waals surface area contributed by atoms with Crippen LogP contribution in [0.2, 0.25) is 0 Å². The number of benzene rings is 2. The summed E-state index contributed by atoms with van der Waals surface area (Å²) >= 11 is 0. The standard InChI is InChI=1S/C34H45N5O8/c1-33(2,3)28(37-31(43)45-21-22-13-9-7-10-14-22)29(41)38-18-17-24-27(38)25(46-32(44)36-23-15-11-8-12-16-23)20-39(24)26(40)19-35-30(42)47-34(4,5)6/h7-16,24-25,27-28H,17-21H2,1-6H3,(H,35,42)(H,36,44)(H,37,43)/t24-,25+,27+,28-/m1/s1. The molecule has 2 heterocycles. The summed E-state index contributed by atoms with van der Waals surface area (Å²) in [6.07, 6.45) is -2.70. The Balaban J connectivity index is 1.51. The van der Waals surface area contributed by atoms with E-state index in [9.17, 15) is 24.0 Å². The van der Waals surface area contributed by atoms with Crippen molar-refractivity contribution in [2.45, 2.75) is 84.4 Å². The third kappa shape index (κ3) is 9.60. The smallest absolute Gasteiger partial charge is 0.412 e. The normalized spacial score (nSPS) is 19.7. The molecule has 0 radical (unpaired) electrons. The highest BCUT2D eigenvalue weighted by Crippen LogP contribution is 2.36. The number of ether oxygens (including phenoxy) is 3. The minimum atomic E-state index is -0.984. The van der Waals surface area contributed by atoms with Crippen molar-refractivity contribution in [2.75, 3.05) is 25.0 Å². The maximum atomic E-state index is 14.2. The minimum absolute atomic E-state index is 0.00286. The van der Waals surface area contributed by atoms with Crippen LogP contribution in [0, 0.1) is 5.41 Å². The number of nitrogens with one attached hydrogen (secondary N) is 3. The molecule has 13 heteroatoms. The Bertz CT molecular complexity index is 1420. The van der Waals surface area contributed by atoms with E-state index in [1.54, 1.807) is 49.9 Å². The van der Waals surface area contributed by atoms with Crippen LogP contribution in [-0.2, 0) is 30.4 Å². The Morgan fingerprint density at radius 3 is 2.11 bits per heavy atom. The van der Waals surface area contributed by atoms with E-state index in [1.165, 1.54) is 4.90 Å². The van der Waals surface area contributed by atoms with Crippen molar-refractivity contribution in [3.8, 4) is 0 Å². The largest absolute Gasteiger partial charge is 0.445 e. The van der Waals surface area contributed by atoms with Crippen LogP contribution in [0.15, 0.2) is 60.7 Å². The molecule has 0 aliphatic carbocycles. The van der Waals surface area contributed by atoms with E-state index < -0.39 is 59.4 Å². The molecule has 254 valence electrons. The van der Waals surface area contributed by atoms with E-state index in [1.807, 2.05) is 57.2 Å². The van der Waals surface area contributed by atoms with Gasteiger partial charge in [-0.3, -0.25) is 14.9 Å². The van der Waals surface area contributed by atoms with Gasteiger partial charge in [-0.1, -0.05) is 69.3 Å². The number of carbonyl (C=O) groups excluding carboxylic acids is 5. The number of para-hydroxylation sites is 1. The van der Waals surface area contributed by atoms with Gasteiger partial charge >= 0.3 is 18.3 Å². The van der Waals surface area contributed by atoms with Gasteiger partial charge in [0.25, 0.3) is 0 Å². The van der Waals surface area contributed by atoms with Gasteiger partial charge in [-0.2, -0.15) is 0 Å². The van der Waals surface area contributed by atoms with Crippen molar-refractivity contribution in [2.24, 2.45) is 5.41 Å². The molecule has 2 saturated heterocycles. The van der Waals surface area contributed by atoms with Gasteiger partial charge in [0, 0.05) is 12.2 Å². The lowest BCUT2D eigenvalue weighted by Gasteiger charge is -2.36. The van der Waals surface area contributed by atoms with Gasteiger partial charge < -0.3 is 34.6 Å². The molecule has 2 fully saturated rings. The highest BCUT2D eigenvalue weighted by molar-refractivity contribution is 5.88. The van der Waals surface area contributed by atoms with E-state index in [0.717, 1.165) is 5.56 Å². The predicted octanol–water partition coefficient (Wildman–Crippen LogP) is 4.28. The first-order valence-electron chi connectivity index (χ1n) is 15.7. The van der Waals surface area contributed by atoms with Crippen LogP contribution in [-0.4, -0.2) is 89.4 Å². The first-order valence-corrected chi connectivity index (χ1v) is 15.7. The number of nitrogens with zero attached hydrogens (tertiary/aromatic N) is 2. The van der Waals surface area contributed by atoms with Crippen LogP contribution in [0.25, 0.3) is 0 Å². The summed E-state index contributed by atoms with van der Waals surface area (Å²) < 4.78 is 16.5. The number of amides is 5. The molecule has 47 heavy (non-hydrogen) atoms. The molecule has 2 aromatic carbocycles. The average molecular weight is 652 g/mol. The molecule has 0 saturated carbocycles. The molecule has 0 bridgehead atoms. The molecule has 0 aromatic heterocycles. The number of anilines is 1. The quantitative estimate of drug-likeness (QED) is 0.357. The minimum Gasteiger partial charge on any atom is -0.445 e. The zero-order valence-corrected chi connectivity index (χ0v) is 27.8. The first-order chi connectivity index (χ1) is 22.1. The Labute approximate surface area is 275 Å². The fourth-order valence-corrected chi connectivity index (χ4v) is 5.74. The molecule has 5 amide bonds. The van der Waals surface area contributed by atoms with Crippen LogP contribution < -0.4 is 16.0 Å². The zero-order chi connectivity index (χ0) is 34.4. The van der Waals surface area contributed by atoms with Crippen molar-refractivity contribution in [3.05, 3.63) is 66.2 Å². The highest BCUT2D eigenvalue weighted by Gasteiger charge is 2.55. The molecule has 2 aromatic rings. The van der Waals surface area contributed by atoms with E-state index >= 15 is 0 Å². The second kappa shape index (κ2) is 14.7. The summed E-state index contributed by atoms with van der Waals surface area (Å²) in [6.45, 7) is 10.6. The summed E-state index contributed by atoms with van der Waals surface area (Å²) in [6, 6.07) is 15.8. The Hall–Kier alpha value is -4.81. The number of likely N-dealkylation sites (tertiary alicyclic amines) is 2. The van der Waals surface area contributed by atoms with Crippen molar-refractivity contribution in [3.63, 3.8) is 0 Å². The third-order valence-corrected chi connectivity index (χ3v) is 7.83. The molecule has 3 N–H and O–H groups in total. The summed E-state index contributed by atoms with van der Waals surface area (Å²) in [5.74, 6) is -0.801. The van der Waals surface area contributed by atoms with Crippen LogP contribution in [0.5, 0.6) is 0 Å². The van der Waals surface area contributed by atoms with Crippen molar-refractivity contribution >= 4 is 35.8 Å². The van der Waals surface area contributed by atoms with E-state index in [2.05, 4.69) is 16.0 Å². The molecule has 4 rings (SSSR count). The van der Waals surface area contributed by atoms with E-state index in [0.29, 0.717) is 12.1 Å². The number of rotatable bonds is 8. The number of fused-ring (bicyclic) bond motifs is 1. The zero-order valence-electron chi connectivity index (χ0n) is 27.8. The molecule has 0 spiro atoms. The van der Waals surface area contributed by atoms with Crippen LogP contribution in [0.3, 0.4) is 0 Å². The lowest BCUT2D eigenvalue weighted by Crippen LogP contribution is -2.58. The van der Waals surface area contributed by atoms with Gasteiger partial charge in [0.1, 0.15) is 30.9 Å². The molecular formula is C34H45N5O8. The number of hydrogen-bond acceptors (Lipinski definition) is 8. The molecule has 0 unspecified atom stereocenters. The van der Waals surface area contributed by atoms with Crippen molar-refractivity contribution < 1.29 is 38.2 Å². The second-order valence-corrected chi connectivity index (χ2v) is 13.7. The maximum absolute atomic E-state index is 14.2. The van der Waals surface area contributed by atoms with Gasteiger partial charge in [0.05, 0.1) is 18.6 Å². The SMILES string of the molecule is CC(C)(C)OC(=O)NCC(=O)N1C[C@H](OC(=O)Nc2ccccc2)[C@@H]2[C@H]1CCN2C(=O)[C@@H](NC(=O)OCc1ccccc1)C(C)(C)C. The highest BCUT2D eigenvalue weighted by atomic mass is 16.6. The lowest BCUT2D eigenvalue weighted by atomic mass is 9.85. The summed E-state index contributed by atoms with van der Waals surface area (Å²) in [4.78, 5) is 68.8. The summed E-state index contributed by atoms with van der Waals surface area (Å²) in [7, 11) is 0. The molecule has 4 atom stereocenters. The van der Waals surface area contributed by atoms with Gasteiger partial charge in [-0.15, -0.1) is 0 Å². The molecule has 2 aliphatic rings. The van der Waals surface area contributed by atoms with Gasteiger partial charge in [0.2, 0.25) is 11.8 Å². The summed E-state index contributed by atoms with van der Waals surface area (Å²) in [5, 5.41) is 7.91. The van der Waals surface area contributed by atoms with E-state index in [-0.39, 0.29) is 32.1 Å². The fourth-order valence-electron chi connectivity index (χ4n) is 5.74. The Morgan fingerprint density at radius 2 is 1.49 bits per heavy atom. The maximum Gasteiger partial charge on any atom is 0.412 e. The topological polar surface area (TPSA) is 156 Å². The van der Waals surface area contributed by atoms with E-state index in [4.69, 9.17) is 14.2 Å². The third-order valence-electron chi connectivity index (χ3n) is 7.83. The van der Waals surface area contributed by atoms with Crippen molar-refractivity contribution in [1.82, 2.24) is 20.4 Å². The molecule has 13 nitrogen and oxygen atoms in total. The summed E-state index contributed by atoms with van der Waals surface area (Å²) in [5.41, 5.74) is -0.136. The molecule has 2 aliphatic heterocycles. The van der Waals surface area contributed by atoms with Gasteiger partial charge in [0.15, 0.2) is 0 Å². The van der Waals surface area contributed by atoms with Crippen molar-refractivity contribution in [1.29, 1.82) is 0 Å². The number of carbonyl (C=O) groups is 5. The predicted molar refractivity (Wildman–Crippen MR) is 173 cm³/mol. The monoisotopic (exact) mass is 651 g/mol. The first kappa shape index (κ1) is 35.1. The number of hydrogen-bond donors (Lipinski definition) is 3. The lowest BCUT2D eigenvalue weighted by molar-refractivity contribution is -0.138. The van der Waals surface area contributed by atoms with Crippen LogP contribution in [0.1, 0.15) is 53.5 Å². The Morgan fingerprint density at radius 1 is 0.851 bits per heavy atom. The fraction of sp³-hybridized carbons (Fsp3) is 0.500. The van der Waals surface area contributed by atoms with Crippen LogP contribution >= 0.6 is 0 Å². The Kier molecular flexibility index (Phi) is 11.0. The van der Waals surface area contributed by atoms with Gasteiger partial charge in [-0.25, -0.2) is 14.4 Å². The molecular weight excluding hydrogens is 606 g/mol. The number of alkyl carbamates (subject to hydrolysis) is 2. The second-order valence-electron chi connectivity index (χ2n) is 13.7.